The number of carbonyl (C=O) groups excluding carboxylic acids is 2. The van der Waals surface area contributed by atoms with Crippen LogP contribution in [0.3, 0.4) is 0 Å². The normalized spacial score (nSPS) is 12.7. The number of allylic oxidation sites excluding steroid dienone is 5. The third kappa shape index (κ3) is 61.2. The monoisotopic (exact) mass is 1050 g/mol. The Morgan fingerprint density at radius 1 is 0.373 bits per heavy atom. The molecule has 0 saturated heterocycles. The fourth-order valence-electron chi connectivity index (χ4n) is 10.5. The number of unbranched alkanes of at least 4 members (excludes halogenated alkanes) is 48. The van der Waals surface area contributed by atoms with Crippen LogP contribution in [0.25, 0.3) is 0 Å². The number of ether oxygens (including phenoxy) is 1. The van der Waals surface area contributed by atoms with E-state index in [1.54, 1.807) is 6.08 Å². The van der Waals surface area contributed by atoms with Crippen molar-refractivity contribution in [2.24, 2.45) is 0 Å². The van der Waals surface area contributed by atoms with Crippen LogP contribution < -0.4 is 5.32 Å². The molecule has 0 saturated carbocycles. The lowest BCUT2D eigenvalue weighted by Crippen LogP contribution is -2.45. The Balaban J connectivity index is 3.41. The number of carbonyl (C=O) groups is 2. The molecule has 0 aromatic carbocycles. The summed E-state index contributed by atoms with van der Waals surface area (Å²) in [7, 11) is 0. The maximum atomic E-state index is 12.5. The van der Waals surface area contributed by atoms with Gasteiger partial charge in [-0.15, -0.1) is 0 Å². The molecule has 0 rings (SSSR count). The number of nitrogens with one attached hydrogen (secondary N) is 1. The third-order valence-corrected chi connectivity index (χ3v) is 15.7. The highest BCUT2D eigenvalue weighted by molar-refractivity contribution is 5.76. The van der Waals surface area contributed by atoms with E-state index in [2.05, 4.69) is 43.5 Å². The average Bonchev–Trinajstić information content (AvgIpc) is 3.41. The summed E-state index contributed by atoms with van der Waals surface area (Å²) < 4.78 is 5.47. The van der Waals surface area contributed by atoms with Gasteiger partial charge in [0.15, 0.2) is 0 Å². The molecule has 0 radical (unpaired) electrons. The van der Waals surface area contributed by atoms with Crippen LogP contribution >= 0.6 is 0 Å². The van der Waals surface area contributed by atoms with E-state index < -0.39 is 12.1 Å². The largest absolute Gasteiger partial charge is 0.466 e. The van der Waals surface area contributed by atoms with Crippen LogP contribution in [0.2, 0.25) is 0 Å². The Labute approximate surface area is 468 Å². The van der Waals surface area contributed by atoms with Gasteiger partial charge in [-0.25, -0.2) is 0 Å². The SMILES string of the molecule is CCCCCCCCCCCCCCC/C=C/C(O)C(CO)NC(=O)CCCCCCCCCCCCCCCCC/C=C\C/C=C\CCCCCCCCCCCOC(=O)CCCCCCCCCCCCCC. The molecule has 6 nitrogen and oxygen atoms in total. The second kappa shape index (κ2) is 64.6. The lowest BCUT2D eigenvalue weighted by atomic mass is 10.0. The van der Waals surface area contributed by atoms with Crippen molar-refractivity contribution in [1.29, 1.82) is 0 Å². The van der Waals surface area contributed by atoms with Crippen LogP contribution in [0.4, 0.5) is 0 Å². The molecular formula is C69H131NO5. The van der Waals surface area contributed by atoms with Gasteiger partial charge in [0.1, 0.15) is 0 Å². The summed E-state index contributed by atoms with van der Waals surface area (Å²) in [5.41, 5.74) is 0. The van der Waals surface area contributed by atoms with Gasteiger partial charge in [0.05, 0.1) is 25.4 Å². The summed E-state index contributed by atoms with van der Waals surface area (Å²) in [6, 6.07) is -0.627. The Hall–Kier alpha value is -1.92. The van der Waals surface area contributed by atoms with Gasteiger partial charge in [0, 0.05) is 12.8 Å². The lowest BCUT2D eigenvalue weighted by Gasteiger charge is -2.20. The first-order chi connectivity index (χ1) is 37.0. The fourth-order valence-corrected chi connectivity index (χ4v) is 10.5. The van der Waals surface area contributed by atoms with Crippen molar-refractivity contribution in [3.63, 3.8) is 0 Å². The van der Waals surface area contributed by atoms with E-state index in [1.807, 2.05) is 6.08 Å². The van der Waals surface area contributed by atoms with Crippen molar-refractivity contribution in [2.45, 2.75) is 379 Å². The third-order valence-electron chi connectivity index (χ3n) is 15.7. The number of aliphatic hydroxyl groups excluding tert-OH is 2. The molecule has 2 atom stereocenters. The summed E-state index contributed by atoms with van der Waals surface area (Å²) in [5, 5.41) is 23.1. The molecule has 0 aromatic heterocycles. The van der Waals surface area contributed by atoms with E-state index in [0.29, 0.717) is 19.4 Å². The molecule has 0 bridgehead atoms. The summed E-state index contributed by atoms with van der Waals surface area (Å²) >= 11 is 0. The highest BCUT2D eigenvalue weighted by atomic mass is 16.5. The number of hydrogen-bond donors (Lipinski definition) is 3. The lowest BCUT2D eigenvalue weighted by molar-refractivity contribution is -0.143. The maximum Gasteiger partial charge on any atom is 0.305 e. The summed E-state index contributed by atoms with van der Waals surface area (Å²) in [4.78, 5) is 24.5. The highest BCUT2D eigenvalue weighted by Gasteiger charge is 2.18. The molecule has 0 fully saturated rings. The first-order valence-electron chi connectivity index (χ1n) is 33.8. The molecule has 6 heteroatoms. The summed E-state index contributed by atoms with van der Waals surface area (Å²) in [6.07, 6.45) is 82.1. The molecule has 1 amide bonds. The van der Waals surface area contributed by atoms with Crippen molar-refractivity contribution in [3.05, 3.63) is 36.5 Å². The van der Waals surface area contributed by atoms with Gasteiger partial charge in [0.25, 0.3) is 0 Å². The van der Waals surface area contributed by atoms with Crippen LogP contribution in [0.1, 0.15) is 367 Å². The number of esters is 1. The minimum atomic E-state index is -0.844. The van der Waals surface area contributed by atoms with E-state index in [4.69, 9.17) is 4.74 Å². The molecule has 0 aliphatic heterocycles. The van der Waals surface area contributed by atoms with Crippen LogP contribution in [0, 0.1) is 0 Å². The van der Waals surface area contributed by atoms with Crippen molar-refractivity contribution >= 4 is 11.9 Å². The second-order valence-corrected chi connectivity index (χ2v) is 23.2. The number of rotatable bonds is 63. The summed E-state index contributed by atoms with van der Waals surface area (Å²) in [6.45, 7) is 4.92. The molecule has 442 valence electrons. The van der Waals surface area contributed by atoms with E-state index in [-0.39, 0.29) is 18.5 Å². The van der Waals surface area contributed by atoms with E-state index in [1.165, 1.54) is 295 Å². The zero-order valence-electron chi connectivity index (χ0n) is 50.5. The van der Waals surface area contributed by atoms with Crippen LogP contribution in [0.15, 0.2) is 36.5 Å². The van der Waals surface area contributed by atoms with Crippen LogP contribution in [-0.2, 0) is 14.3 Å². The molecule has 0 aliphatic carbocycles. The Kier molecular flexibility index (Phi) is 63.0. The molecule has 0 heterocycles. The minimum absolute atomic E-state index is 0.0137. The number of aliphatic hydroxyl groups is 2. The van der Waals surface area contributed by atoms with Crippen molar-refractivity contribution in [1.82, 2.24) is 5.32 Å². The first-order valence-corrected chi connectivity index (χ1v) is 33.8. The van der Waals surface area contributed by atoms with Crippen molar-refractivity contribution < 1.29 is 24.5 Å². The zero-order chi connectivity index (χ0) is 54.3. The van der Waals surface area contributed by atoms with Crippen LogP contribution in [0.5, 0.6) is 0 Å². The maximum absolute atomic E-state index is 12.5. The van der Waals surface area contributed by atoms with E-state index >= 15 is 0 Å². The number of amides is 1. The first kappa shape index (κ1) is 73.1. The van der Waals surface area contributed by atoms with Crippen molar-refractivity contribution in [3.8, 4) is 0 Å². The molecule has 0 aliphatic rings. The van der Waals surface area contributed by atoms with Gasteiger partial charge >= 0.3 is 5.97 Å². The second-order valence-electron chi connectivity index (χ2n) is 23.2. The topological polar surface area (TPSA) is 95.9 Å². The van der Waals surface area contributed by atoms with Gasteiger partial charge in [0.2, 0.25) is 5.91 Å². The Morgan fingerprint density at radius 3 is 1.01 bits per heavy atom. The smallest absolute Gasteiger partial charge is 0.305 e. The Bertz CT molecular complexity index is 1210. The molecule has 0 aromatic rings. The predicted molar refractivity (Wildman–Crippen MR) is 329 cm³/mol. The zero-order valence-corrected chi connectivity index (χ0v) is 50.5. The standard InChI is InChI=1S/C69H131NO5/c1-3-5-7-9-11-13-15-17-35-38-41-45-49-53-57-61-67(72)66(65-71)70-68(73)62-58-54-50-46-42-39-36-33-31-29-27-25-23-21-19-18-20-22-24-26-28-30-32-34-37-40-44-48-52-56-60-64-75-69(74)63-59-55-51-47-43-16-14-12-10-8-6-4-2/h20,22,26,28,57,61,66-67,71-72H,3-19,21,23-25,27,29-56,58-60,62-65H2,1-2H3,(H,70,73)/b22-20-,28-26-,61-57+. The summed E-state index contributed by atoms with van der Waals surface area (Å²) in [5.74, 6) is -0.0518. The van der Waals surface area contributed by atoms with Gasteiger partial charge < -0.3 is 20.3 Å². The van der Waals surface area contributed by atoms with Gasteiger partial charge in [-0.05, 0) is 64.2 Å². The van der Waals surface area contributed by atoms with Crippen molar-refractivity contribution in [2.75, 3.05) is 13.2 Å². The van der Waals surface area contributed by atoms with Gasteiger partial charge in [-0.3, -0.25) is 9.59 Å². The van der Waals surface area contributed by atoms with Crippen LogP contribution in [-0.4, -0.2) is 47.4 Å². The van der Waals surface area contributed by atoms with E-state index in [9.17, 15) is 19.8 Å². The molecule has 3 N–H and O–H groups in total. The highest BCUT2D eigenvalue weighted by Crippen LogP contribution is 2.18. The minimum Gasteiger partial charge on any atom is -0.466 e. The van der Waals surface area contributed by atoms with Gasteiger partial charge in [-0.1, -0.05) is 326 Å². The predicted octanol–water partition coefficient (Wildman–Crippen LogP) is 21.5. The Morgan fingerprint density at radius 2 is 0.667 bits per heavy atom. The van der Waals surface area contributed by atoms with E-state index in [0.717, 1.165) is 44.9 Å². The molecule has 2 unspecified atom stereocenters. The fraction of sp³-hybridized carbons (Fsp3) is 0.884. The molecule has 75 heavy (non-hydrogen) atoms. The number of hydrogen-bond acceptors (Lipinski definition) is 5. The molecular weight excluding hydrogens is 923 g/mol. The average molecular weight is 1050 g/mol. The molecule has 0 spiro atoms. The van der Waals surface area contributed by atoms with Gasteiger partial charge in [-0.2, -0.15) is 0 Å². The quantitative estimate of drug-likeness (QED) is 0.0320.